The van der Waals surface area contributed by atoms with Gasteiger partial charge in [0.05, 0.1) is 4.88 Å². The van der Waals surface area contributed by atoms with Crippen LogP contribution in [0, 0.1) is 6.92 Å². The smallest absolute Gasteiger partial charge is 0.261 e. The molecule has 1 amide bonds. The van der Waals surface area contributed by atoms with Crippen molar-refractivity contribution in [1.29, 1.82) is 0 Å². The number of amides is 1. The number of nitrogens with zero attached hydrogens (tertiary/aromatic N) is 2. The molecule has 0 bridgehead atoms. The average molecular weight is 264 g/mol. The molecule has 0 unspecified atom stereocenters. The highest BCUT2D eigenvalue weighted by molar-refractivity contribution is 7.14. The lowest BCUT2D eigenvalue weighted by molar-refractivity contribution is 0.0956. The van der Waals surface area contributed by atoms with Crippen molar-refractivity contribution >= 4 is 22.9 Å². The highest BCUT2D eigenvalue weighted by Crippen LogP contribution is 2.22. The first kappa shape index (κ1) is 12.6. The summed E-state index contributed by atoms with van der Waals surface area (Å²) in [5, 5.41) is 6.97. The Bertz CT molecular complexity index is 499. The van der Waals surface area contributed by atoms with Crippen LogP contribution in [0.5, 0.6) is 0 Å². The average Bonchev–Trinajstić information content (AvgIpc) is 2.96. The third kappa shape index (κ3) is 3.10. The van der Waals surface area contributed by atoms with Crippen LogP contribution in [0.25, 0.3) is 0 Å². The van der Waals surface area contributed by atoms with E-state index in [0.717, 1.165) is 17.8 Å². The van der Waals surface area contributed by atoms with Crippen molar-refractivity contribution in [2.24, 2.45) is 0 Å². The maximum Gasteiger partial charge on any atom is 0.261 e. The Labute approximate surface area is 110 Å². The number of anilines is 1. The van der Waals surface area contributed by atoms with Crippen LogP contribution in [0.4, 0.5) is 5.69 Å². The van der Waals surface area contributed by atoms with E-state index in [1.165, 1.54) is 11.3 Å². The monoisotopic (exact) mass is 264 g/mol. The largest absolute Gasteiger partial charge is 0.398 e. The van der Waals surface area contributed by atoms with Gasteiger partial charge < -0.3 is 11.1 Å². The molecule has 2 aromatic rings. The molecular formula is C12H16N4OS. The fourth-order valence-electron chi connectivity index (χ4n) is 1.57. The summed E-state index contributed by atoms with van der Waals surface area (Å²) in [6.45, 7) is 3.35. The molecule has 0 aliphatic carbocycles. The molecule has 2 rings (SSSR count). The van der Waals surface area contributed by atoms with Crippen molar-refractivity contribution in [3.8, 4) is 0 Å². The van der Waals surface area contributed by atoms with Crippen LogP contribution in [0.3, 0.4) is 0 Å². The number of rotatable bonds is 5. The number of aryl methyl sites for hydroxylation is 2. The number of nitrogens with two attached hydrogens (primary N) is 1. The molecule has 3 N–H and O–H groups in total. The van der Waals surface area contributed by atoms with E-state index < -0.39 is 0 Å². The molecule has 0 aromatic carbocycles. The van der Waals surface area contributed by atoms with E-state index in [0.29, 0.717) is 17.1 Å². The predicted octanol–water partition coefficient (Wildman–Crippen LogP) is 1.66. The third-order valence-electron chi connectivity index (χ3n) is 2.59. The second-order valence-electron chi connectivity index (χ2n) is 4.00. The van der Waals surface area contributed by atoms with Crippen LogP contribution in [0.2, 0.25) is 0 Å². The van der Waals surface area contributed by atoms with E-state index in [-0.39, 0.29) is 5.91 Å². The van der Waals surface area contributed by atoms with E-state index in [9.17, 15) is 4.79 Å². The minimum Gasteiger partial charge on any atom is -0.398 e. The van der Waals surface area contributed by atoms with Gasteiger partial charge in [-0.05, 0) is 25.5 Å². The lowest BCUT2D eigenvalue weighted by atomic mass is 10.3. The molecule has 0 saturated carbocycles. The van der Waals surface area contributed by atoms with Crippen LogP contribution >= 0.6 is 11.3 Å². The zero-order valence-electron chi connectivity index (χ0n) is 10.2. The summed E-state index contributed by atoms with van der Waals surface area (Å²) in [7, 11) is 0. The maximum absolute atomic E-state index is 11.8. The van der Waals surface area contributed by atoms with Gasteiger partial charge in [0, 0.05) is 36.0 Å². The van der Waals surface area contributed by atoms with E-state index >= 15 is 0 Å². The number of carbonyl (C=O) groups excluding carboxylic acids is 1. The maximum atomic E-state index is 11.8. The summed E-state index contributed by atoms with van der Waals surface area (Å²) >= 11 is 1.42. The number of carbonyl (C=O) groups is 1. The second kappa shape index (κ2) is 5.68. The normalized spacial score (nSPS) is 10.5. The Morgan fingerprint density at radius 2 is 2.44 bits per heavy atom. The number of hydrogen-bond donors (Lipinski definition) is 2. The van der Waals surface area contributed by atoms with Gasteiger partial charge in [-0.15, -0.1) is 11.3 Å². The zero-order chi connectivity index (χ0) is 13.0. The molecule has 0 radical (unpaired) electrons. The molecule has 0 atom stereocenters. The number of nitrogens with one attached hydrogen (secondary N) is 1. The molecule has 0 aliphatic heterocycles. The molecule has 96 valence electrons. The van der Waals surface area contributed by atoms with Gasteiger partial charge in [-0.25, -0.2) is 0 Å². The zero-order valence-corrected chi connectivity index (χ0v) is 11.0. The molecular weight excluding hydrogens is 248 g/mol. The number of aromatic nitrogens is 2. The van der Waals surface area contributed by atoms with Gasteiger partial charge >= 0.3 is 0 Å². The second-order valence-corrected chi connectivity index (χ2v) is 5.26. The topological polar surface area (TPSA) is 72.9 Å². The Balaban J connectivity index is 1.75. The molecule has 18 heavy (non-hydrogen) atoms. The van der Waals surface area contributed by atoms with Gasteiger partial charge in [0.25, 0.3) is 5.91 Å². The van der Waals surface area contributed by atoms with E-state index in [1.54, 1.807) is 12.3 Å². The van der Waals surface area contributed by atoms with Crippen molar-refractivity contribution in [2.45, 2.75) is 19.9 Å². The molecule has 0 saturated heterocycles. The van der Waals surface area contributed by atoms with Crippen molar-refractivity contribution < 1.29 is 4.79 Å². The van der Waals surface area contributed by atoms with Crippen LogP contribution in [-0.2, 0) is 6.54 Å². The highest BCUT2D eigenvalue weighted by atomic mass is 32.1. The summed E-state index contributed by atoms with van der Waals surface area (Å²) in [4.78, 5) is 13.4. The third-order valence-corrected chi connectivity index (χ3v) is 3.65. The lowest BCUT2D eigenvalue weighted by Gasteiger charge is -2.03. The van der Waals surface area contributed by atoms with Crippen molar-refractivity contribution in [3.05, 3.63) is 34.3 Å². The fourth-order valence-corrected chi connectivity index (χ4v) is 2.43. The molecule has 0 aliphatic rings. The SMILES string of the molecule is Cc1sc(C(=O)NCCCn2cccn2)cc1N. The molecule has 0 spiro atoms. The minimum atomic E-state index is -0.0553. The standard InChI is InChI=1S/C12H16N4OS/c1-9-10(13)8-11(18-9)12(17)14-4-2-6-16-7-3-5-15-16/h3,5,7-8H,2,4,6,13H2,1H3,(H,14,17). The van der Waals surface area contributed by atoms with E-state index in [1.807, 2.05) is 23.9 Å². The summed E-state index contributed by atoms with van der Waals surface area (Å²) in [5.74, 6) is -0.0553. The first-order valence-corrected chi connectivity index (χ1v) is 6.60. The van der Waals surface area contributed by atoms with Crippen molar-refractivity contribution in [3.63, 3.8) is 0 Å². The minimum absolute atomic E-state index is 0.0553. The Kier molecular flexibility index (Phi) is 3.99. The van der Waals surface area contributed by atoms with Gasteiger partial charge in [-0.1, -0.05) is 0 Å². The van der Waals surface area contributed by atoms with Crippen molar-refractivity contribution in [1.82, 2.24) is 15.1 Å². The fraction of sp³-hybridized carbons (Fsp3) is 0.333. The summed E-state index contributed by atoms with van der Waals surface area (Å²) in [5.41, 5.74) is 6.40. The van der Waals surface area contributed by atoms with E-state index in [4.69, 9.17) is 5.73 Å². The summed E-state index contributed by atoms with van der Waals surface area (Å²) in [6.07, 6.45) is 4.51. The molecule has 2 heterocycles. The number of nitrogen functional groups attached to an aromatic ring is 1. The lowest BCUT2D eigenvalue weighted by Crippen LogP contribution is -2.24. The number of hydrogen-bond acceptors (Lipinski definition) is 4. The molecule has 0 fully saturated rings. The molecule has 6 heteroatoms. The molecule has 2 aromatic heterocycles. The van der Waals surface area contributed by atoms with Gasteiger partial charge in [0.15, 0.2) is 0 Å². The first-order chi connectivity index (χ1) is 8.66. The van der Waals surface area contributed by atoms with Gasteiger partial charge in [0.2, 0.25) is 0 Å². The Morgan fingerprint density at radius 3 is 3.06 bits per heavy atom. The first-order valence-electron chi connectivity index (χ1n) is 5.78. The van der Waals surface area contributed by atoms with Crippen LogP contribution < -0.4 is 11.1 Å². The Hall–Kier alpha value is -1.82. The molecule has 5 nitrogen and oxygen atoms in total. The number of thiophene rings is 1. The predicted molar refractivity (Wildman–Crippen MR) is 72.6 cm³/mol. The summed E-state index contributed by atoms with van der Waals surface area (Å²) in [6, 6.07) is 3.61. The van der Waals surface area contributed by atoms with Gasteiger partial charge in [-0.3, -0.25) is 9.48 Å². The summed E-state index contributed by atoms with van der Waals surface area (Å²) < 4.78 is 1.85. The van der Waals surface area contributed by atoms with Gasteiger partial charge in [0.1, 0.15) is 0 Å². The van der Waals surface area contributed by atoms with Crippen LogP contribution in [0.15, 0.2) is 24.5 Å². The van der Waals surface area contributed by atoms with Crippen molar-refractivity contribution in [2.75, 3.05) is 12.3 Å². The quantitative estimate of drug-likeness (QED) is 0.807. The van der Waals surface area contributed by atoms with Crippen LogP contribution in [0.1, 0.15) is 21.0 Å². The van der Waals surface area contributed by atoms with Crippen LogP contribution in [-0.4, -0.2) is 22.2 Å². The Morgan fingerprint density at radius 1 is 1.61 bits per heavy atom. The van der Waals surface area contributed by atoms with E-state index in [2.05, 4.69) is 10.4 Å². The van der Waals surface area contributed by atoms with Gasteiger partial charge in [-0.2, -0.15) is 5.10 Å². The highest BCUT2D eigenvalue weighted by Gasteiger charge is 2.09.